The van der Waals surface area contributed by atoms with Crippen LogP contribution in [0, 0.1) is 5.82 Å². The van der Waals surface area contributed by atoms with E-state index in [4.69, 9.17) is 4.74 Å². The van der Waals surface area contributed by atoms with Crippen molar-refractivity contribution in [1.82, 2.24) is 10.3 Å². The number of hydrogen-bond donors (Lipinski definition) is 1. The van der Waals surface area contributed by atoms with Crippen LogP contribution >= 0.6 is 22.7 Å². The van der Waals surface area contributed by atoms with Crippen LogP contribution in [-0.4, -0.2) is 23.5 Å². The number of thiazole rings is 1. The van der Waals surface area contributed by atoms with Crippen molar-refractivity contribution in [1.29, 1.82) is 0 Å². The maximum Gasteiger partial charge on any atom is 0.306 e. The second kappa shape index (κ2) is 9.80. The Bertz CT molecular complexity index is 1140. The lowest BCUT2D eigenvalue weighted by Gasteiger charge is -2.18. The van der Waals surface area contributed by atoms with Gasteiger partial charge in [0.1, 0.15) is 5.82 Å². The maximum atomic E-state index is 13.3. The zero-order chi connectivity index (χ0) is 21.6. The second-order valence-corrected chi connectivity index (χ2v) is 8.90. The molecule has 0 fully saturated rings. The third-order valence-corrected chi connectivity index (χ3v) is 6.62. The number of aryl methyl sites for hydroxylation is 1. The Hall–Kier alpha value is -3.10. The SMILES string of the molecule is O=C(COC(=O)CCc1nc2ccccc2s1)NC(c1ccc(F)cc1)c1cccs1. The molecule has 0 radical (unpaired) electrons. The van der Waals surface area contributed by atoms with E-state index in [0.717, 1.165) is 25.7 Å². The van der Waals surface area contributed by atoms with E-state index in [1.54, 1.807) is 23.5 Å². The summed E-state index contributed by atoms with van der Waals surface area (Å²) in [7, 11) is 0. The number of nitrogens with one attached hydrogen (secondary N) is 1. The van der Waals surface area contributed by atoms with Crippen LogP contribution in [0.1, 0.15) is 27.9 Å². The predicted molar refractivity (Wildman–Crippen MR) is 120 cm³/mol. The highest BCUT2D eigenvalue weighted by Gasteiger charge is 2.19. The number of aromatic nitrogens is 1. The number of rotatable bonds is 8. The molecule has 31 heavy (non-hydrogen) atoms. The Morgan fingerprint density at radius 2 is 1.87 bits per heavy atom. The van der Waals surface area contributed by atoms with Gasteiger partial charge in [0, 0.05) is 11.3 Å². The Morgan fingerprint density at radius 1 is 1.06 bits per heavy atom. The van der Waals surface area contributed by atoms with Crippen LogP contribution in [0.2, 0.25) is 0 Å². The number of esters is 1. The van der Waals surface area contributed by atoms with Crippen LogP contribution < -0.4 is 5.32 Å². The van der Waals surface area contributed by atoms with Crippen molar-refractivity contribution in [2.75, 3.05) is 6.61 Å². The van der Waals surface area contributed by atoms with Gasteiger partial charge in [-0.05, 0) is 41.3 Å². The molecule has 2 aromatic heterocycles. The van der Waals surface area contributed by atoms with Crippen molar-refractivity contribution < 1.29 is 18.7 Å². The van der Waals surface area contributed by atoms with Gasteiger partial charge in [0.2, 0.25) is 0 Å². The molecule has 0 spiro atoms. The van der Waals surface area contributed by atoms with Crippen LogP contribution in [0.3, 0.4) is 0 Å². The van der Waals surface area contributed by atoms with E-state index in [-0.39, 0.29) is 18.8 Å². The average molecular weight is 455 g/mol. The smallest absolute Gasteiger partial charge is 0.306 e. The van der Waals surface area contributed by atoms with Gasteiger partial charge >= 0.3 is 5.97 Å². The minimum absolute atomic E-state index is 0.152. The molecular formula is C23H19FN2O3S2. The summed E-state index contributed by atoms with van der Waals surface area (Å²) in [6, 6.07) is 17.1. The first-order valence-electron chi connectivity index (χ1n) is 9.67. The highest BCUT2D eigenvalue weighted by atomic mass is 32.1. The summed E-state index contributed by atoms with van der Waals surface area (Å²) in [6.07, 6.45) is 0.618. The summed E-state index contributed by atoms with van der Waals surface area (Å²) in [6.45, 7) is -0.373. The molecule has 8 heteroatoms. The zero-order valence-electron chi connectivity index (χ0n) is 16.4. The molecule has 0 aliphatic rings. The number of para-hydroxylation sites is 1. The van der Waals surface area contributed by atoms with Crippen LogP contribution in [-0.2, 0) is 20.7 Å². The van der Waals surface area contributed by atoms with E-state index < -0.39 is 17.9 Å². The van der Waals surface area contributed by atoms with E-state index >= 15 is 0 Å². The predicted octanol–water partition coefficient (Wildman–Crippen LogP) is 4.88. The first-order chi connectivity index (χ1) is 15.1. The zero-order valence-corrected chi connectivity index (χ0v) is 18.0. The number of nitrogens with zero attached hydrogens (tertiary/aromatic N) is 1. The molecule has 0 saturated heterocycles. The van der Waals surface area contributed by atoms with Crippen molar-refractivity contribution in [3.63, 3.8) is 0 Å². The van der Waals surface area contributed by atoms with E-state index in [1.165, 1.54) is 23.5 Å². The molecule has 2 heterocycles. The number of ether oxygens (including phenoxy) is 1. The number of carbonyl (C=O) groups is 2. The average Bonchev–Trinajstić information content (AvgIpc) is 3.45. The van der Waals surface area contributed by atoms with Gasteiger partial charge in [0.25, 0.3) is 5.91 Å². The Labute approximate surface area is 186 Å². The molecule has 1 amide bonds. The molecule has 4 rings (SSSR count). The summed E-state index contributed by atoms with van der Waals surface area (Å²) in [5, 5.41) is 5.62. The third-order valence-electron chi connectivity index (χ3n) is 4.58. The molecule has 1 unspecified atom stereocenters. The van der Waals surface area contributed by atoms with E-state index in [1.807, 2.05) is 41.8 Å². The fraction of sp³-hybridized carbons (Fsp3) is 0.174. The van der Waals surface area contributed by atoms with Gasteiger partial charge in [-0.3, -0.25) is 9.59 Å². The van der Waals surface area contributed by atoms with E-state index in [0.29, 0.717) is 6.42 Å². The number of hydrogen-bond acceptors (Lipinski definition) is 6. The minimum Gasteiger partial charge on any atom is -0.456 e. The number of carbonyl (C=O) groups excluding carboxylic acids is 2. The van der Waals surface area contributed by atoms with E-state index in [2.05, 4.69) is 10.3 Å². The summed E-state index contributed by atoms with van der Waals surface area (Å²) in [5.41, 5.74) is 1.66. The highest BCUT2D eigenvalue weighted by Crippen LogP contribution is 2.26. The lowest BCUT2D eigenvalue weighted by Crippen LogP contribution is -2.32. The lowest BCUT2D eigenvalue weighted by molar-refractivity contribution is -0.148. The molecule has 1 atom stereocenters. The molecule has 0 aliphatic carbocycles. The third kappa shape index (κ3) is 5.53. The monoisotopic (exact) mass is 454 g/mol. The van der Waals surface area contributed by atoms with Crippen molar-refractivity contribution >= 4 is 44.8 Å². The lowest BCUT2D eigenvalue weighted by atomic mass is 10.1. The molecule has 0 aliphatic heterocycles. The fourth-order valence-corrected chi connectivity index (χ4v) is 4.86. The summed E-state index contributed by atoms with van der Waals surface area (Å²) >= 11 is 3.03. The standard InChI is InChI=1S/C23H19FN2O3S2/c24-16-9-7-15(8-10-16)23(19-6-3-13-30-19)26-20(27)14-29-22(28)12-11-21-25-17-4-1-2-5-18(17)31-21/h1-10,13,23H,11-12,14H2,(H,26,27). The Balaban J connectivity index is 1.30. The molecule has 5 nitrogen and oxygen atoms in total. The van der Waals surface area contributed by atoms with Gasteiger partial charge < -0.3 is 10.1 Å². The van der Waals surface area contributed by atoms with Crippen LogP contribution in [0.5, 0.6) is 0 Å². The maximum absolute atomic E-state index is 13.3. The van der Waals surface area contributed by atoms with Gasteiger partial charge in [0.05, 0.1) is 27.7 Å². The number of fused-ring (bicyclic) bond motifs is 1. The molecular weight excluding hydrogens is 435 g/mol. The van der Waals surface area contributed by atoms with Crippen LogP contribution in [0.4, 0.5) is 4.39 Å². The van der Waals surface area contributed by atoms with Gasteiger partial charge in [-0.25, -0.2) is 9.37 Å². The largest absolute Gasteiger partial charge is 0.456 e. The number of amides is 1. The molecule has 4 aromatic rings. The van der Waals surface area contributed by atoms with Crippen LogP contribution in [0.25, 0.3) is 10.2 Å². The van der Waals surface area contributed by atoms with Crippen molar-refractivity contribution in [3.8, 4) is 0 Å². The fourth-order valence-electron chi connectivity index (χ4n) is 3.09. The number of thiophene rings is 1. The molecule has 1 N–H and O–H groups in total. The highest BCUT2D eigenvalue weighted by molar-refractivity contribution is 7.18. The van der Waals surface area contributed by atoms with Crippen molar-refractivity contribution in [3.05, 3.63) is 87.3 Å². The Morgan fingerprint density at radius 3 is 2.61 bits per heavy atom. The summed E-state index contributed by atoms with van der Waals surface area (Å²) < 4.78 is 19.5. The number of halogens is 1. The topological polar surface area (TPSA) is 68.3 Å². The molecule has 158 valence electrons. The summed E-state index contributed by atoms with van der Waals surface area (Å²) in [5.74, 6) is -1.22. The molecule has 0 bridgehead atoms. The molecule has 2 aromatic carbocycles. The minimum atomic E-state index is -0.455. The second-order valence-electron chi connectivity index (χ2n) is 6.80. The van der Waals surface area contributed by atoms with Gasteiger partial charge in [-0.2, -0.15) is 0 Å². The van der Waals surface area contributed by atoms with Crippen molar-refractivity contribution in [2.45, 2.75) is 18.9 Å². The van der Waals surface area contributed by atoms with E-state index in [9.17, 15) is 14.0 Å². The van der Waals surface area contributed by atoms with Crippen molar-refractivity contribution in [2.24, 2.45) is 0 Å². The van der Waals surface area contributed by atoms with Gasteiger partial charge in [-0.1, -0.05) is 30.3 Å². The first kappa shape index (κ1) is 21.1. The quantitative estimate of drug-likeness (QED) is 0.386. The summed E-state index contributed by atoms with van der Waals surface area (Å²) in [4.78, 5) is 29.9. The normalized spacial score (nSPS) is 11.9. The van der Waals surface area contributed by atoms with Gasteiger partial charge in [-0.15, -0.1) is 22.7 Å². The Kier molecular flexibility index (Phi) is 6.69. The van der Waals surface area contributed by atoms with Crippen LogP contribution in [0.15, 0.2) is 66.0 Å². The number of benzene rings is 2. The first-order valence-corrected chi connectivity index (χ1v) is 11.4. The van der Waals surface area contributed by atoms with Gasteiger partial charge in [0.15, 0.2) is 6.61 Å². The molecule has 0 saturated carbocycles.